The third-order valence-corrected chi connectivity index (χ3v) is 4.20. The third-order valence-electron chi connectivity index (χ3n) is 3.95. The summed E-state index contributed by atoms with van der Waals surface area (Å²) in [6.07, 6.45) is 2.37. The van der Waals surface area contributed by atoms with Crippen LogP contribution in [-0.2, 0) is 6.42 Å². The molecule has 1 saturated heterocycles. The summed E-state index contributed by atoms with van der Waals surface area (Å²) < 4.78 is 0. The monoisotopic (exact) mass is 280 g/mol. The van der Waals surface area contributed by atoms with Crippen molar-refractivity contribution < 1.29 is 0 Å². The molecule has 1 heterocycles. The molecule has 1 N–H and O–H groups in total. The molecule has 0 amide bonds. The van der Waals surface area contributed by atoms with Crippen LogP contribution in [0.3, 0.4) is 0 Å². The van der Waals surface area contributed by atoms with E-state index in [1.165, 1.54) is 25.1 Å². The average molecular weight is 281 g/mol. The summed E-state index contributed by atoms with van der Waals surface area (Å²) in [4.78, 5) is 2.60. The number of hydrogen-bond donors (Lipinski definition) is 1. The summed E-state index contributed by atoms with van der Waals surface area (Å²) >= 11 is 5.92. The van der Waals surface area contributed by atoms with E-state index >= 15 is 0 Å². The Morgan fingerprint density at radius 3 is 2.74 bits per heavy atom. The van der Waals surface area contributed by atoms with Gasteiger partial charge in [0.15, 0.2) is 0 Å². The molecule has 2 nitrogen and oxygen atoms in total. The molecule has 1 fully saturated rings. The second kappa shape index (κ2) is 7.28. The number of nitrogens with one attached hydrogen (secondary N) is 1. The first-order valence-electron chi connectivity index (χ1n) is 7.35. The lowest BCUT2D eigenvalue weighted by atomic mass is 10.0. The first kappa shape index (κ1) is 14.8. The minimum atomic E-state index is 0.632. The zero-order valence-corrected chi connectivity index (χ0v) is 12.8. The number of nitrogens with zero attached hydrogens (tertiary/aromatic N) is 1. The number of hydrogen-bond acceptors (Lipinski definition) is 2. The molecule has 0 saturated carbocycles. The van der Waals surface area contributed by atoms with Crippen molar-refractivity contribution in [2.45, 2.75) is 32.7 Å². The van der Waals surface area contributed by atoms with Crippen LogP contribution in [0.25, 0.3) is 0 Å². The minimum Gasteiger partial charge on any atom is -0.312 e. The zero-order chi connectivity index (χ0) is 13.7. The van der Waals surface area contributed by atoms with Gasteiger partial charge < -0.3 is 10.2 Å². The van der Waals surface area contributed by atoms with E-state index in [4.69, 9.17) is 11.6 Å². The van der Waals surface area contributed by atoms with Gasteiger partial charge in [-0.05, 0) is 49.5 Å². The van der Waals surface area contributed by atoms with Crippen molar-refractivity contribution in [3.63, 3.8) is 0 Å². The van der Waals surface area contributed by atoms with E-state index in [9.17, 15) is 0 Å². The van der Waals surface area contributed by atoms with Crippen LogP contribution in [0.15, 0.2) is 24.3 Å². The summed E-state index contributed by atoms with van der Waals surface area (Å²) in [5, 5.41) is 4.48. The van der Waals surface area contributed by atoms with Gasteiger partial charge in [-0.3, -0.25) is 0 Å². The maximum absolute atomic E-state index is 5.92. The Hall–Kier alpha value is -0.570. The molecule has 0 aliphatic carbocycles. The summed E-state index contributed by atoms with van der Waals surface area (Å²) in [5.74, 6) is 0.705. The fourth-order valence-electron chi connectivity index (χ4n) is 2.61. The second-order valence-electron chi connectivity index (χ2n) is 5.84. The fourth-order valence-corrected chi connectivity index (χ4v) is 2.74. The molecule has 3 heteroatoms. The van der Waals surface area contributed by atoms with Gasteiger partial charge >= 0.3 is 0 Å². The number of halogens is 1. The molecule has 1 aromatic carbocycles. The normalized spacial score (nSPS) is 21.6. The Morgan fingerprint density at radius 2 is 2.05 bits per heavy atom. The molecule has 0 bridgehead atoms. The topological polar surface area (TPSA) is 15.3 Å². The Labute approximate surface area is 122 Å². The maximum Gasteiger partial charge on any atom is 0.0406 e. The van der Waals surface area contributed by atoms with Crippen LogP contribution in [0.1, 0.15) is 25.8 Å². The lowest BCUT2D eigenvalue weighted by Gasteiger charge is -2.26. The highest BCUT2D eigenvalue weighted by Crippen LogP contribution is 2.12. The largest absolute Gasteiger partial charge is 0.312 e. The molecule has 19 heavy (non-hydrogen) atoms. The van der Waals surface area contributed by atoms with Gasteiger partial charge in [0.2, 0.25) is 0 Å². The molecule has 0 spiro atoms. The molecule has 1 aliphatic heterocycles. The predicted octanol–water partition coefficient (Wildman–Crippen LogP) is 3.20. The molecular weight excluding hydrogens is 256 g/mol. The highest BCUT2D eigenvalue weighted by Gasteiger charge is 2.19. The molecular formula is C16H25ClN2. The minimum absolute atomic E-state index is 0.632. The van der Waals surface area contributed by atoms with Crippen LogP contribution in [0.5, 0.6) is 0 Å². The first-order valence-corrected chi connectivity index (χ1v) is 7.73. The van der Waals surface area contributed by atoms with E-state index in [1.807, 2.05) is 12.1 Å². The van der Waals surface area contributed by atoms with Crippen LogP contribution in [0.2, 0.25) is 5.02 Å². The highest BCUT2D eigenvalue weighted by atomic mass is 35.5. The SMILES string of the molecule is CC(C)C1CN(CCc2ccc(Cl)cc2)CCCN1. The summed E-state index contributed by atoms with van der Waals surface area (Å²) in [5.41, 5.74) is 1.38. The van der Waals surface area contributed by atoms with Crippen LogP contribution in [-0.4, -0.2) is 37.1 Å². The molecule has 2 rings (SSSR count). The Balaban J connectivity index is 1.85. The summed E-state index contributed by atoms with van der Waals surface area (Å²) in [6, 6.07) is 8.87. The van der Waals surface area contributed by atoms with Gasteiger partial charge in [0.25, 0.3) is 0 Å². The van der Waals surface area contributed by atoms with Crippen molar-refractivity contribution in [3.05, 3.63) is 34.9 Å². The molecule has 106 valence electrons. The summed E-state index contributed by atoms with van der Waals surface area (Å²) in [6.45, 7) is 9.29. The van der Waals surface area contributed by atoms with Gasteiger partial charge in [0, 0.05) is 24.2 Å². The van der Waals surface area contributed by atoms with Crippen LogP contribution in [0.4, 0.5) is 0 Å². The van der Waals surface area contributed by atoms with Crippen LogP contribution in [0, 0.1) is 5.92 Å². The van der Waals surface area contributed by atoms with Gasteiger partial charge in [-0.2, -0.15) is 0 Å². The lowest BCUT2D eigenvalue weighted by Crippen LogP contribution is -2.41. The zero-order valence-electron chi connectivity index (χ0n) is 12.0. The molecule has 0 aromatic heterocycles. The van der Waals surface area contributed by atoms with Gasteiger partial charge in [-0.1, -0.05) is 37.6 Å². The van der Waals surface area contributed by atoms with Crippen molar-refractivity contribution in [1.29, 1.82) is 0 Å². The van der Waals surface area contributed by atoms with Gasteiger partial charge in [-0.15, -0.1) is 0 Å². The van der Waals surface area contributed by atoms with Crippen molar-refractivity contribution in [2.75, 3.05) is 26.2 Å². The van der Waals surface area contributed by atoms with Gasteiger partial charge in [0.05, 0.1) is 0 Å². The fraction of sp³-hybridized carbons (Fsp3) is 0.625. The number of benzene rings is 1. The molecule has 0 radical (unpaired) electrons. The van der Waals surface area contributed by atoms with Gasteiger partial charge in [-0.25, -0.2) is 0 Å². The second-order valence-corrected chi connectivity index (χ2v) is 6.27. The van der Waals surface area contributed by atoms with Crippen molar-refractivity contribution >= 4 is 11.6 Å². The smallest absolute Gasteiger partial charge is 0.0406 e. The van der Waals surface area contributed by atoms with E-state index in [0.29, 0.717) is 12.0 Å². The quantitative estimate of drug-likeness (QED) is 0.911. The Bertz CT molecular complexity index is 375. The van der Waals surface area contributed by atoms with Crippen molar-refractivity contribution in [1.82, 2.24) is 10.2 Å². The highest BCUT2D eigenvalue weighted by molar-refractivity contribution is 6.30. The lowest BCUT2D eigenvalue weighted by molar-refractivity contribution is 0.248. The maximum atomic E-state index is 5.92. The van der Waals surface area contributed by atoms with Crippen LogP contribution >= 0.6 is 11.6 Å². The van der Waals surface area contributed by atoms with Crippen molar-refractivity contribution in [2.24, 2.45) is 5.92 Å². The van der Waals surface area contributed by atoms with Crippen molar-refractivity contribution in [3.8, 4) is 0 Å². The van der Waals surface area contributed by atoms with E-state index in [1.54, 1.807) is 0 Å². The van der Waals surface area contributed by atoms with E-state index in [0.717, 1.165) is 24.5 Å². The van der Waals surface area contributed by atoms with E-state index in [-0.39, 0.29) is 0 Å². The molecule has 1 aromatic rings. The predicted molar refractivity (Wildman–Crippen MR) is 82.8 cm³/mol. The van der Waals surface area contributed by atoms with E-state index in [2.05, 4.69) is 36.2 Å². The summed E-state index contributed by atoms with van der Waals surface area (Å²) in [7, 11) is 0. The number of rotatable bonds is 4. The molecule has 1 aliphatic rings. The Morgan fingerprint density at radius 1 is 1.32 bits per heavy atom. The standard InChI is InChI=1S/C16H25ClN2/c1-13(2)16-12-19(10-3-9-18-16)11-8-14-4-6-15(17)7-5-14/h4-7,13,16,18H,3,8-12H2,1-2H3. The third kappa shape index (κ3) is 4.79. The van der Waals surface area contributed by atoms with Gasteiger partial charge in [0.1, 0.15) is 0 Å². The first-order chi connectivity index (χ1) is 9.15. The molecule has 1 atom stereocenters. The molecule has 1 unspecified atom stereocenters. The average Bonchev–Trinajstić information content (AvgIpc) is 2.64. The van der Waals surface area contributed by atoms with Crippen LogP contribution < -0.4 is 5.32 Å². The van der Waals surface area contributed by atoms with E-state index < -0.39 is 0 Å². The Kier molecular flexibility index (Phi) is 5.68.